The van der Waals surface area contributed by atoms with Crippen LogP contribution in [0.5, 0.6) is 0 Å². The van der Waals surface area contributed by atoms with Crippen LogP contribution in [0.1, 0.15) is 107 Å². The molecule has 30 heavy (non-hydrogen) atoms. The van der Waals surface area contributed by atoms with Gasteiger partial charge < -0.3 is 0 Å². The number of thiol groups is 3. The summed E-state index contributed by atoms with van der Waals surface area (Å²) in [5.74, 6) is 0. The molecular formula is C21H36N4S5. The topological polar surface area (TPSA) is 51.6 Å². The molecular weight excluding hydrogens is 469 g/mol. The van der Waals surface area contributed by atoms with Crippen LogP contribution in [0.4, 0.5) is 0 Å². The molecule has 4 nitrogen and oxygen atoms in total. The van der Waals surface area contributed by atoms with E-state index in [2.05, 4.69) is 72.1 Å². The molecule has 2 heterocycles. The standard InChI is InChI=1S/C21H36N4S5/c1-3-4-5-6-8-11-14-21(17-22-24-19(27)29-17,18-23-25-20(28)30-18)15-12-9-7-10-13-16(2)26/h16,26H,3-15H2,1-2H3,(H,24,27)(H,25,28). The molecule has 0 saturated carbocycles. The highest BCUT2D eigenvalue weighted by atomic mass is 32.2. The summed E-state index contributed by atoms with van der Waals surface area (Å²) in [5.41, 5.74) is -0.209. The zero-order valence-electron chi connectivity index (χ0n) is 18.2. The molecule has 0 aromatic carbocycles. The van der Waals surface area contributed by atoms with E-state index in [9.17, 15) is 0 Å². The molecule has 0 aliphatic heterocycles. The van der Waals surface area contributed by atoms with Crippen LogP contribution in [0.3, 0.4) is 0 Å². The Hall–Kier alpha value is 0.170. The Morgan fingerprint density at radius 2 is 1.20 bits per heavy atom. The molecule has 0 spiro atoms. The van der Waals surface area contributed by atoms with Crippen molar-refractivity contribution in [2.24, 2.45) is 0 Å². The average Bonchev–Trinajstić information content (AvgIpc) is 3.34. The van der Waals surface area contributed by atoms with E-state index in [1.807, 2.05) is 0 Å². The van der Waals surface area contributed by atoms with E-state index in [0.717, 1.165) is 38.0 Å². The van der Waals surface area contributed by atoms with Gasteiger partial charge >= 0.3 is 0 Å². The van der Waals surface area contributed by atoms with E-state index in [0.29, 0.717) is 5.25 Å². The highest BCUT2D eigenvalue weighted by Gasteiger charge is 2.40. The summed E-state index contributed by atoms with van der Waals surface area (Å²) in [6.07, 6.45) is 15.8. The first-order valence-electron chi connectivity index (χ1n) is 11.2. The number of unbranched alkanes of at least 4 members (excludes halogenated alkanes) is 8. The molecule has 0 aliphatic carbocycles. The van der Waals surface area contributed by atoms with Gasteiger partial charge in [0, 0.05) is 0 Å². The zero-order chi connectivity index (χ0) is 21.8. The molecule has 0 amide bonds. The molecule has 0 fully saturated rings. The van der Waals surface area contributed by atoms with Gasteiger partial charge in [-0.1, -0.05) is 101 Å². The Kier molecular flexibility index (Phi) is 12.6. The number of nitrogens with zero attached hydrogens (tertiary/aromatic N) is 4. The van der Waals surface area contributed by atoms with Gasteiger partial charge in [-0.2, -0.15) is 12.6 Å². The average molecular weight is 505 g/mol. The van der Waals surface area contributed by atoms with Gasteiger partial charge in [0.25, 0.3) is 0 Å². The van der Waals surface area contributed by atoms with E-state index in [1.165, 1.54) is 64.2 Å². The third kappa shape index (κ3) is 8.60. The van der Waals surface area contributed by atoms with Gasteiger partial charge in [-0.3, -0.25) is 0 Å². The molecule has 0 saturated heterocycles. The van der Waals surface area contributed by atoms with Gasteiger partial charge in [0.05, 0.1) is 5.41 Å². The number of hydrogen-bond acceptors (Lipinski definition) is 9. The minimum Gasteiger partial charge on any atom is -0.176 e. The van der Waals surface area contributed by atoms with Crippen molar-refractivity contribution in [3.8, 4) is 0 Å². The quantitative estimate of drug-likeness (QED) is 0.162. The third-order valence-electron chi connectivity index (χ3n) is 5.58. The first-order valence-corrected chi connectivity index (χ1v) is 14.3. The maximum atomic E-state index is 4.54. The van der Waals surface area contributed by atoms with Crippen molar-refractivity contribution in [1.29, 1.82) is 0 Å². The fourth-order valence-electron chi connectivity index (χ4n) is 3.89. The second-order valence-electron chi connectivity index (χ2n) is 8.18. The number of aromatic nitrogens is 4. The van der Waals surface area contributed by atoms with Gasteiger partial charge in [-0.15, -0.1) is 45.7 Å². The van der Waals surface area contributed by atoms with E-state index in [4.69, 9.17) is 0 Å². The second-order valence-corrected chi connectivity index (χ2v) is 12.5. The van der Waals surface area contributed by atoms with Crippen molar-refractivity contribution in [2.75, 3.05) is 0 Å². The molecule has 2 rings (SSSR count). The Balaban J connectivity index is 2.11. The maximum Gasteiger partial charge on any atom is 0.171 e. The van der Waals surface area contributed by atoms with Crippen molar-refractivity contribution < 1.29 is 0 Å². The minimum atomic E-state index is -0.209. The van der Waals surface area contributed by atoms with Crippen LogP contribution in [0.2, 0.25) is 0 Å². The molecule has 0 N–H and O–H groups in total. The van der Waals surface area contributed by atoms with Crippen molar-refractivity contribution in [1.82, 2.24) is 20.4 Å². The molecule has 0 aliphatic rings. The fraction of sp³-hybridized carbons (Fsp3) is 0.810. The molecule has 0 radical (unpaired) electrons. The molecule has 2 aromatic rings. The summed E-state index contributed by atoms with van der Waals surface area (Å²) in [6, 6.07) is 0. The van der Waals surface area contributed by atoms with Gasteiger partial charge in [0.2, 0.25) is 0 Å². The van der Waals surface area contributed by atoms with Crippen LogP contribution in [-0.4, -0.2) is 25.6 Å². The first-order chi connectivity index (χ1) is 14.5. The lowest BCUT2D eigenvalue weighted by molar-refractivity contribution is 0.383. The second kappa shape index (κ2) is 14.3. The summed E-state index contributed by atoms with van der Waals surface area (Å²) in [6.45, 7) is 4.43. The summed E-state index contributed by atoms with van der Waals surface area (Å²) in [7, 11) is 0. The van der Waals surface area contributed by atoms with Gasteiger partial charge in [0.1, 0.15) is 10.0 Å². The molecule has 1 atom stereocenters. The number of hydrogen-bond donors (Lipinski definition) is 3. The Bertz CT molecular complexity index is 676. The Morgan fingerprint density at radius 1 is 0.733 bits per heavy atom. The van der Waals surface area contributed by atoms with E-state index < -0.39 is 0 Å². The lowest BCUT2D eigenvalue weighted by Gasteiger charge is -2.29. The Labute approximate surface area is 206 Å². The van der Waals surface area contributed by atoms with Crippen molar-refractivity contribution in [3.63, 3.8) is 0 Å². The van der Waals surface area contributed by atoms with Gasteiger partial charge in [-0.25, -0.2) is 0 Å². The largest absolute Gasteiger partial charge is 0.176 e. The van der Waals surface area contributed by atoms with E-state index in [-0.39, 0.29) is 5.41 Å². The Morgan fingerprint density at radius 3 is 1.63 bits per heavy atom. The summed E-state index contributed by atoms with van der Waals surface area (Å²) >= 11 is 16.6. The lowest BCUT2D eigenvalue weighted by Crippen LogP contribution is -2.28. The van der Waals surface area contributed by atoms with Crippen LogP contribution in [0.25, 0.3) is 0 Å². The van der Waals surface area contributed by atoms with Crippen LogP contribution in [0.15, 0.2) is 8.68 Å². The SMILES string of the molecule is CCCCCCCCC(CCCCCCC(C)S)(c1nnc(S)s1)c1nnc(S)s1. The molecule has 170 valence electrons. The highest BCUT2D eigenvalue weighted by Crippen LogP contribution is 2.45. The van der Waals surface area contributed by atoms with E-state index in [1.54, 1.807) is 22.7 Å². The predicted octanol–water partition coefficient (Wildman–Crippen LogP) is 7.66. The van der Waals surface area contributed by atoms with Crippen molar-refractivity contribution in [3.05, 3.63) is 10.0 Å². The highest BCUT2D eigenvalue weighted by molar-refractivity contribution is 7.83. The molecule has 1 unspecified atom stereocenters. The van der Waals surface area contributed by atoms with E-state index >= 15 is 0 Å². The zero-order valence-corrected chi connectivity index (χ0v) is 22.5. The first kappa shape index (κ1) is 26.4. The third-order valence-corrected chi connectivity index (χ3v) is 8.42. The van der Waals surface area contributed by atoms with Crippen molar-refractivity contribution in [2.45, 2.75) is 117 Å². The van der Waals surface area contributed by atoms with Gasteiger partial charge in [0.15, 0.2) is 8.68 Å². The predicted molar refractivity (Wildman–Crippen MR) is 139 cm³/mol. The van der Waals surface area contributed by atoms with Gasteiger partial charge in [-0.05, 0) is 24.5 Å². The summed E-state index contributed by atoms with van der Waals surface area (Å²) in [4.78, 5) is 0. The summed E-state index contributed by atoms with van der Waals surface area (Å²) in [5, 5.41) is 20.1. The van der Waals surface area contributed by atoms with Crippen LogP contribution < -0.4 is 0 Å². The fourth-order valence-corrected chi connectivity index (χ4v) is 6.41. The normalized spacial score (nSPS) is 13.1. The van der Waals surface area contributed by atoms with Crippen LogP contribution in [0, 0.1) is 0 Å². The maximum absolute atomic E-state index is 4.54. The lowest BCUT2D eigenvalue weighted by atomic mass is 9.78. The smallest absolute Gasteiger partial charge is 0.171 e. The molecule has 2 aromatic heterocycles. The monoisotopic (exact) mass is 504 g/mol. The van der Waals surface area contributed by atoms with Crippen LogP contribution in [-0.2, 0) is 5.41 Å². The molecule has 9 heteroatoms. The summed E-state index contributed by atoms with van der Waals surface area (Å²) < 4.78 is 1.44. The van der Waals surface area contributed by atoms with Crippen LogP contribution >= 0.6 is 60.6 Å². The number of rotatable bonds is 16. The molecule has 0 bridgehead atoms. The minimum absolute atomic E-state index is 0.209. The van der Waals surface area contributed by atoms with Crippen molar-refractivity contribution >= 4 is 60.6 Å².